The smallest absolute Gasteiger partial charge is 0.243 e. The van der Waals surface area contributed by atoms with E-state index in [1.165, 1.54) is 22.5 Å². The van der Waals surface area contributed by atoms with Crippen molar-refractivity contribution in [3.63, 3.8) is 0 Å². The molecule has 0 bridgehead atoms. The number of phenolic OH excluding ortho intramolecular Hbond substituents is 1. The maximum absolute atomic E-state index is 12.3. The van der Waals surface area contributed by atoms with Gasteiger partial charge < -0.3 is 15.3 Å². The van der Waals surface area contributed by atoms with Gasteiger partial charge in [-0.3, -0.25) is 9.10 Å². The van der Waals surface area contributed by atoms with Crippen molar-refractivity contribution < 1.29 is 18.3 Å². The van der Waals surface area contributed by atoms with E-state index in [0.717, 1.165) is 5.69 Å². The van der Waals surface area contributed by atoms with Crippen LogP contribution in [0.1, 0.15) is 6.42 Å². The summed E-state index contributed by atoms with van der Waals surface area (Å²) < 4.78 is 25.4. The molecule has 2 aromatic rings. The number of benzene rings is 2. The highest BCUT2D eigenvalue weighted by Gasteiger charge is 2.28. The lowest BCUT2D eigenvalue weighted by molar-refractivity contribution is -0.114. The van der Waals surface area contributed by atoms with Crippen molar-refractivity contribution in [1.82, 2.24) is 0 Å². The zero-order valence-electron chi connectivity index (χ0n) is 14.4. The zero-order valence-corrected chi connectivity index (χ0v) is 15.2. The molecule has 0 aromatic heterocycles. The monoisotopic (exact) mass is 375 g/mol. The Balaban J connectivity index is 1.73. The summed E-state index contributed by atoms with van der Waals surface area (Å²) in [6.07, 6.45) is 0.562. The summed E-state index contributed by atoms with van der Waals surface area (Å²) in [6, 6.07) is 13.9. The molecular formula is C18H21N3O4S. The van der Waals surface area contributed by atoms with E-state index < -0.39 is 10.0 Å². The molecule has 26 heavy (non-hydrogen) atoms. The van der Waals surface area contributed by atoms with Crippen LogP contribution < -0.4 is 14.5 Å². The largest absolute Gasteiger partial charge is 0.506 e. The van der Waals surface area contributed by atoms with Crippen LogP contribution in [0.15, 0.2) is 48.5 Å². The number of para-hydroxylation sites is 1. The molecule has 1 amide bonds. The van der Waals surface area contributed by atoms with Crippen LogP contribution >= 0.6 is 0 Å². The maximum Gasteiger partial charge on any atom is 0.243 e. The number of anilines is 3. The van der Waals surface area contributed by atoms with E-state index in [0.29, 0.717) is 18.7 Å². The highest BCUT2D eigenvalue weighted by atomic mass is 32.2. The number of hydrogen-bond donors (Lipinski definition) is 2. The number of phenols is 1. The van der Waals surface area contributed by atoms with E-state index in [2.05, 4.69) is 5.32 Å². The Hall–Kier alpha value is -2.74. The zero-order chi connectivity index (χ0) is 18.7. The quantitative estimate of drug-likeness (QED) is 0.780. The third-order valence-corrected chi connectivity index (χ3v) is 6.09. The maximum atomic E-state index is 12.3. The Kier molecular flexibility index (Phi) is 5.03. The Labute approximate surface area is 152 Å². The van der Waals surface area contributed by atoms with Crippen LogP contribution in [-0.4, -0.2) is 45.3 Å². The topological polar surface area (TPSA) is 90.0 Å². The van der Waals surface area contributed by atoms with Crippen molar-refractivity contribution in [2.75, 3.05) is 40.4 Å². The summed E-state index contributed by atoms with van der Waals surface area (Å²) >= 11 is 0. The summed E-state index contributed by atoms with van der Waals surface area (Å²) in [5.41, 5.74) is 1.52. The first-order chi connectivity index (χ1) is 12.4. The van der Waals surface area contributed by atoms with E-state index in [-0.39, 0.29) is 29.6 Å². The fourth-order valence-electron chi connectivity index (χ4n) is 2.89. The number of aromatic hydroxyl groups is 1. The molecule has 0 atom stereocenters. The van der Waals surface area contributed by atoms with Crippen molar-refractivity contribution in [3.05, 3.63) is 48.5 Å². The second-order valence-electron chi connectivity index (χ2n) is 6.18. The molecule has 2 N–H and O–H groups in total. The van der Waals surface area contributed by atoms with Gasteiger partial charge in [0.05, 0.1) is 23.7 Å². The van der Waals surface area contributed by atoms with Gasteiger partial charge in [-0.25, -0.2) is 8.42 Å². The van der Waals surface area contributed by atoms with Gasteiger partial charge in [-0.1, -0.05) is 18.2 Å². The van der Waals surface area contributed by atoms with Crippen molar-refractivity contribution in [3.8, 4) is 5.75 Å². The van der Waals surface area contributed by atoms with Gasteiger partial charge in [0.1, 0.15) is 5.75 Å². The minimum Gasteiger partial charge on any atom is -0.506 e. The number of carbonyl (C=O) groups is 1. The number of likely N-dealkylation sites (N-methyl/N-ethyl adjacent to an activating group) is 1. The van der Waals surface area contributed by atoms with Crippen LogP contribution in [0.3, 0.4) is 0 Å². The number of rotatable bonds is 5. The lowest BCUT2D eigenvalue weighted by atomic mass is 10.2. The van der Waals surface area contributed by atoms with Crippen LogP contribution in [0.5, 0.6) is 5.75 Å². The molecule has 0 aliphatic carbocycles. The number of nitrogens with zero attached hydrogens (tertiary/aromatic N) is 2. The lowest BCUT2D eigenvalue weighted by Gasteiger charge is -2.20. The summed E-state index contributed by atoms with van der Waals surface area (Å²) in [5, 5.41) is 12.7. The van der Waals surface area contributed by atoms with Crippen molar-refractivity contribution in [2.24, 2.45) is 0 Å². The van der Waals surface area contributed by atoms with E-state index in [9.17, 15) is 18.3 Å². The molecule has 2 aromatic carbocycles. The van der Waals surface area contributed by atoms with Crippen molar-refractivity contribution >= 4 is 33.0 Å². The van der Waals surface area contributed by atoms with Gasteiger partial charge in [-0.2, -0.15) is 0 Å². The molecule has 138 valence electrons. The fraction of sp³-hybridized carbons (Fsp3) is 0.278. The average molecular weight is 375 g/mol. The molecule has 1 aliphatic heterocycles. The van der Waals surface area contributed by atoms with E-state index >= 15 is 0 Å². The Morgan fingerprint density at radius 1 is 1.23 bits per heavy atom. The third kappa shape index (κ3) is 3.91. The van der Waals surface area contributed by atoms with E-state index in [1.54, 1.807) is 11.9 Å². The van der Waals surface area contributed by atoms with Crippen LogP contribution in [0.2, 0.25) is 0 Å². The molecule has 7 nitrogen and oxygen atoms in total. The molecule has 0 spiro atoms. The SMILES string of the molecule is CN(CC(=O)Nc1cc(N2CCCS2(=O)=O)ccc1O)c1ccccc1. The van der Waals surface area contributed by atoms with Gasteiger partial charge in [-0.15, -0.1) is 0 Å². The molecule has 8 heteroatoms. The number of amides is 1. The van der Waals surface area contributed by atoms with E-state index in [4.69, 9.17) is 0 Å². The molecular weight excluding hydrogens is 354 g/mol. The van der Waals surface area contributed by atoms with Crippen LogP contribution in [0, 0.1) is 0 Å². The average Bonchev–Trinajstić information content (AvgIpc) is 2.97. The number of carbonyl (C=O) groups excluding carboxylic acids is 1. The first-order valence-corrected chi connectivity index (χ1v) is 9.87. The second-order valence-corrected chi connectivity index (χ2v) is 8.20. The second kappa shape index (κ2) is 7.25. The normalized spacial score (nSPS) is 15.7. The predicted molar refractivity (Wildman–Crippen MR) is 102 cm³/mol. The highest BCUT2D eigenvalue weighted by Crippen LogP contribution is 2.32. The summed E-state index contributed by atoms with van der Waals surface area (Å²) in [4.78, 5) is 14.1. The molecule has 0 unspecified atom stereocenters. The fourth-order valence-corrected chi connectivity index (χ4v) is 4.44. The summed E-state index contributed by atoms with van der Waals surface area (Å²) in [6.45, 7) is 0.493. The minimum atomic E-state index is -3.32. The molecule has 3 rings (SSSR count). The minimum absolute atomic E-state index is 0.0930. The number of sulfonamides is 1. The summed E-state index contributed by atoms with van der Waals surface area (Å²) in [5.74, 6) is -0.314. The van der Waals surface area contributed by atoms with Crippen molar-refractivity contribution in [1.29, 1.82) is 0 Å². The molecule has 1 saturated heterocycles. The number of hydrogen-bond acceptors (Lipinski definition) is 5. The third-order valence-electron chi connectivity index (χ3n) is 4.22. The number of nitrogens with one attached hydrogen (secondary N) is 1. The van der Waals surface area contributed by atoms with Crippen LogP contribution in [0.4, 0.5) is 17.1 Å². The molecule has 0 radical (unpaired) electrons. The van der Waals surface area contributed by atoms with Gasteiger partial charge in [0.15, 0.2) is 0 Å². The Morgan fingerprint density at radius 3 is 2.62 bits per heavy atom. The molecule has 1 heterocycles. The van der Waals surface area contributed by atoms with Crippen LogP contribution in [0.25, 0.3) is 0 Å². The van der Waals surface area contributed by atoms with Gasteiger partial charge in [0, 0.05) is 19.3 Å². The van der Waals surface area contributed by atoms with Gasteiger partial charge in [0.25, 0.3) is 0 Å². The van der Waals surface area contributed by atoms with E-state index in [1.807, 2.05) is 30.3 Å². The molecule has 1 fully saturated rings. The highest BCUT2D eigenvalue weighted by molar-refractivity contribution is 7.93. The van der Waals surface area contributed by atoms with Crippen molar-refractivity contribution in [2.45, 2.75) is 6.42 Å². The van der Waals surface area contributed by atoms with Gasteiger partial charge in [-0.05, 0) is 36.8 Å². The standard InChI is InChI=1S/C18H21N3O4S/c1-20(14-6-3-2-4-7-14)13-18(23)19-16-12-15(8-9-17(16)22)21-10-5-11-26(21,24)25/h2-4,6-9,12,22H,5,10-11,13H2,1H3,(H,19,23). The molecule has 1 aliphatic rings. The Bertz CT molecular complexity index is 900. The Morgan fingerprint density at radius 2 is 1.96 bits per heavy atom. The first-order valence-electron chi connectivity index (χ1n) is 8.26. The van der Waals surface area contributed by atoms with Gasteiger partial charge in [0.2, 0.25) is 15.9 Å². The first kappa shape index (κ1) is 18.1. The molecule has 0 saturated carbocycles. The lowest BCUT2D eigenvalue weighted by Crippen LogP contribution is -2.30. The van der Waals surface area contributed by atoms with Gasteiger partial charge >= 0.3 is 0 Å². The van der Waals surface area contributed by atoms with Crippen LogP contribution in [-0.2, 0) is 14.8 Å². The predicted octanol–water partition coefficient (Wildman–Crippen LogP) is 2.01. The summed E-state index contributed by atoms with van der Waals surface area (Å²) in [7, 11) is -1.53.